The van der Waals surface area contributed by atoms with E-state index in [0.29, 0.717) is 5.82 Å². The quantitative estimate of drug-likeness (QED) is 0.168. The van der Waals surface area contributed by atoms with Gasteiger partial charge in [0.05, 0.1) is 22.2 Å². The minimum Gasteiger partial charge on any atom is -0.316 e. The van der Waals surface area contributed by atoms with Gasteiger partial charge < -0.3 is 14.0 Å². The number of anilines is 3. The van der Waals surface area contributed by atoms with Crippen molar-refractivity contribution in [1.82, 2.24) is 24.1 Å². The van der Waals surface area contributed by atoms with E-state index in [0.717, 1.165) is 56.3 Å². The van der Waals surface area contributed by atoms with Gasteiger partial charge >= 0.3 is 0 Å². The molecule has 0 atom stereocenters. The van der Waals surface area contributed by atoms with E-state index >= 15 is 0 Å². The fourth-order valence-electron chi connectivity index (χ4n) is 7.41. The first-order chi connectivity index (χ1) is 26.3. The SMILES string of the molecule is c1ccc(-n2ccc3cc4c5cc(N(c6ccc(-c7ccccn7)cc6)c6ccc(-c7ncccn7)cc6)ccc5n(-c5ccccc5)c4cc32)cc1. The molecule has 6 aromatic carbocycles. The van der Waals surface area contributed by atoms with Crippen molar-refractivity contribution < 1.29 is 0 Å². The van der Waals surface area contributed by atoms with Gasteiger partial charge in [0.1, 0.15) is 0 Å². The Labute approximate surface area is 306 Å². The lowest BCUT2D eigenvalue weighted by atomic mass is 10.1. The van der Waals surface area contributed by atoms with E-state index in [1.54, 1.807) is 12.4 Å². The lowest BCUT2D eigenvalue weighted by Crippen LogP contribution is -2.10. The molecule has 0 bridgehead atoms. The summed E-state index contributed by atoms with van der Waals surface area (Å²) in [6.07, 6.45) is 7.55. The summed E-state index contributed by atoms with van der Waals surface area (Å²) in [4.78, 5) is 15.8. The van der Waals surface area contributed by atoms with Gasteiger partial charge in [0.25, 0.3) is 0 Å². The largest absolute Gasteiger partial charge is 0.316 e. The molecule has 250 valence electrons. The predicted octanol–water partition coefficient (Wildman–Crippen LogP) is 11.7. The second-order valence-electron chi connectivity index (χ2n) is 13.0. The highest BCUT2D eigenvalue weighted by Crippen LogP contribution is 2.41. The van der Waals surface area contributed by atoms with Gasteiger partial charge in [0.15, 0.2) is 5.82 Å². The molecule has 10 aromatic rings. The summed E-state index contributed by atoms with van der Waals surface area (Å²) < 4.78 is 4.66. The average Bonchev–Trinajstić information content (AvgIpc) is 3.80. The van der Waals surface area contributed by atoms with Crippen LogP contribution in [0.15, 0.2) is 195 Å². The Morgan fingerprint density at radius 1 is 0.415 bits per heavy atom. The molecule has 0 aliphatic heterocycles. The van der Waals surface area contributed by atoms with Crippen molar-refractivity contribution in [2.24, 2.45) is 0 Å². The van der Waals surface area contributed by atoms with Crippen LogP contribution in [0.25, 0.3) is 66.7 Å². The molecule has 0 aliphatic carbocycles. The molecule has 0 fully saturated rings. The van der Waals surface area contributed by atoms with E-state index in [1.807, 2.05) is 30.5 Å². The molecule has 0 aliphatic rings. The van der Waals surface area contributed by atoms with Crippen LogP contribution in [0.2, 0.25) is 0 Å². The van der Waals surface area contributed by atoms with Crippen LogP contribution in [-0.4, -0.2) is 24.1 Å². The molecule has 0 spiro atoms. The van der Waals surface area contributed by atoms with Crippen molar-refractivity contribution in [3.8, 4) is 34.0 Å². The molecule has 4 aromatic heterocycles. The number of nitrogens with zero attached hydrogens (tertiary/aromatic N) is 6. The van der Waals surface area contributed by atoms with Crippen molar-refractivity contribution in [3.63, 3.8) is 0 Å². The number of aromatic nitrogens is 5. The Balaban J connectivity index is 1.17. The first kappa shape index (κ1) is 30.5. The van der Waals surface area contributed by atoms with E-state index in [2.05, 4.69) is 181 Å². The van der Waals surface area contributed by atoms with E-state index in [4.69, 9.17) is 0 Å². The van der Waals surface area contributed by atoms with Crippen LogP contribution < -0.4 is 4.90 Å². The van der Waals surface area contributed by atoms with Crippen molar-refractivity contribution in [2.75, 3.05) is 4.90 Å². The standard InChI is InChI=1S/C47H32N6/c1-3-10-36(11-4-1)51-29-25-35-30-41-42-31-40(23-24-44(42)53(46(41)32-45(35)51)37-12-5-2-6-13-37)52(38-19-15-33(16-20-38)43-14-7-8-26-48-43)39-21-17-34(18-22-39)47-49-27-9-28-50-47/h1-32H. The third-order valence-electron chi connectivity index (χ3n) is 9.90. The summed E-state index contributed by atoms with van der Waals surface area (Å²) in [7, 11) is 0. The lowest BCUT2D eigenvalue weighted by Gasteiger charge is -2.26. The maximum Gasteiger partial charge on any atom is 0.159 e. The van der Waals surface area contributed by atoms with Gasteiger partial charge in [-0.3, -0.25) is 4.98 Å². The number of hydrogen-bond acceptors (Lipinski definition) is 4. The number of fused-ring (bicyclic) bond motifs is 4. The molecular weight excluding hydrogens is 649 g/mol. The fraction of sp³-hybridized carbons (Fsp3) is 0. The minimum absolute atomic E-state index is 0.702. The van der Waals surface area contributed by atoms with Crippen LogP contribution in [0, 0.1) is 0 Å². The smallest absolute Gasteiger partial charge is 0.159 e. The maximum absolute atomic E-state index is 4.58. The number of benzene rings is 6. The Morgan fingerprint density at radius 2 is 1.04 bits per heavy atom. The number of para-hydroxylation sites is 2. The average molecular weight is 681 g/mol. The number of pyridine rings is 1. The monoisotopic (exact) mass is 680 g/mol. The fourth-order valence-corrected chi connectivity index (χ4v) is 7.41. The first-order valence-electron chi connectivity index (χ1n) is 17.7. The van der Waals surface area contributed by atoms with Crippen molar-refractivity contribution >= 4 is 49.8 Å². The Kier molecular flexibility index (Phi) is 7.36. The summed E-state index contributed by atoms with van der Waals surface area (Å²) in [5, 5.41) is 3.57. The Bertz CT molecular complexity index is 2760. The van der Waals surface area contributed by atoms with E-state index in [1.165, 1.54) is 21.7 Å². The topological polar surface area (TPSA) is 51.8 Å². The molecule has 4 heterocycles. The molecule has 0 saturated carbocycles. The van der Waals surface area contributed by atoms with Crippen molar-refractivity contribution in [3.05, 3.63) is 195 Å². The summed E-state index contributed by atoms with van der Waals surface area (Å²) in [5.41, 5.74) is 11.8. The van der Waals surface area contributed by atoms with Gasteiger partial charge in [0.2, 0.25) is 0 Å². The van der Waals surface area contributed by atoms with Crippen LogP contribution in [-0.2, 0) is 0 Å². The first-order valence-corrected chi connectivity index (χ1v) is 17.7. The molecule has 0 N–H and O–H groups in total. The molecule has 0 unspecified atom stereocenters. The highest BCUT2D eigenvalue weighted by molar-refractivity contribution is 6.14. The second-order valence-corrected chi connectivity index (χ2v) is 13.0. The second kappa shape index (κ2) is 12.8. The molecule has 6 nitrogen and oxygen atoms in total. The molecule has 0 saturated heterocycles. The molecule has 0 amide bonds. The third-order valence-corrected chi connectivity index (χ3v) is 9.90. The molecule has 10 rings (SSSR count). The molecule has 53 heavy (non-hydrogen) atoms. The van der Waals surface area contributed by atoms with Gasteiger partial charge in [-0.05, 0) is 115 Å². The Morgan fingerprint density at radius 3 is 1.74 bits per heavy atom. The van der Waals surface area contributed by atoms with Gasteiger partial charge in [-0.25, -0.2) is 9.97 Å². The number of hydrogen-bond donors (Lipinski definition) is 0. The lowest BCUT2D eigenvalue weighted by molar-refractivity contribution is 1.12. The van der Waals surface area contributed by atoms with Crippen LogP contribution >= 0.6 is 0 Å². The van der Waals surface area contributed by atoms with E-state index in [9.17, 15) is 0 Å². The van der Waals surface area contributed by atoms with Crippen molar-refractivity contribution in [1.29, 1.82) is 0 Å². The Hall–Kier alpha value is -7.31. The summed E-state index contributed by atoms with van der Waals surface area (Å²) in [6, 6.07) is 59.8. The zero-order valence-electron chi connectivity index (χ0n) is 28.7. The summed E-state index contributed by atoms with van der Waals surface area (Å²) >= 11 is 0. The van der Waals surface area contributed by atoms with Crippen LogP contribution in [0.3, 0.4) is 0 Å². The third kappa shape index (κ3) is 5.41. The van der Waals surface area contributed by atoms with Gasteiger partial charge in [-0.1, -0.05) is 54.6 Å². The van der Waals surface area contributed by atoms with Crippen LogP contribution in [0.4, 0.5) is 17.1 Å². The van der Waals surface area contributed by atoms with Gasteiger partial charge in [0, 0.05) is 80.5 Å². The zero-order chi connectivity index (χ0) is 35.1. The van der Waals surface area contributed by atoms with Gasteiger partial charge in [-0.2, -0.15) is 0 Å². The van der Waals surface area contributed by atoms with Gasteiger partial charge in [-0.15, -0.1) is 0 Å². The zero-order valence-corrected chi connectivity index (χ0v) is 28.7. The van der Waals surface area contributed by atoms with Crippen molar-refractivity contribution in [2.45, 2.75) is 0 Å². The molecule has 0 radical (unpaired) electrons. The maximum atomic E-state index is 4.58. The van der Waals surface area contributed by atoms with E-state index < -0.39 is 0 Å². The predicted molar refractivity (Wildman–Crippen MR) is 217 cm³/mol. The van der Waals surface area contributed by atoms with E-state index in [-0.39, 0.29) is 0 Å². The highest BCUT2D eigenvalue weighted by Gasteiger charge is 2.19. The highest BCUT2D eigenvalue weighted by atomic mass is 15.1. The molecule has 6 heteroatoms. The molecular formula is C47H32N6. The normalized spacial score (nSPS) is 11.4. The summed E-state index contributed by atoms with van der Waals surface area (Å²) in [6.45, 7) is 0. The summed E-state index contributed by atoms with van der Waals surface area (Å²) in [5.74, 6) is 0.702. The van der Waals surface area contributed by atoms with Crippen LogP contribution in [0.1, 0.15) is 0 Å². The van der Waals surface area contributed by atoms with Crippen LogP contribution in [0.5, 0.6) is 0 Å². The minimum atomic E-state index is 0.702. The number of rotatable bonds is 7.